The molecule has 0 aromatic rings. The minimum absolute atomic E-state index is 0.424. The zero-order valence-corrected chi connectivity index (χ0v) is 9.53. The topological polar surface area (TPSA) is 41.7 Å². The Bertz CT molecular complexity index is 178. The van der Waals surface area contributed by atoms with Gasteiger partial charge in [-0.15, -0.1) is 0 Å². The highest BCUT2D eigenvalue weighted by atomic mass is 16.5. The maximum Gasteiger partial charge on any atom is 0.0594 e. The lowest BCUT2D eigenvalue weighted by Gasteiger charge is -2.27. The number of ether oxygens (including phenoxy) is 1. The fraction of sp³-hybridized carbons (Fsp3) is 1.00. The van der Waals surface area contributed by atoms with Gasteiger partial charge in [-0.25, -0.2) is 0 Å². The van der Waals surface area contributed by atoms with E-state index < -0.39 is 0 Å². The first-order valence-electron chi connectivity index (χ1n) is 6.12. The SMILES string of the molecule is NC1CCN(CCCN2CCOCC2)C1. The van der Waals surface area contributed by atoms with Gasteiger partial charge in [-0.3, -0.25) is 4.90 Å². The van der Waals surface area contributed by atoms with Gasteiger partial charge in [0.05, 0.1) is 13.2 Å². The lowest BCUT2D eigenvalue weighted by molar-refractivity contribution is 0.0364. The molecule has 0 aromatic carbocycles. The standard InChI is InChI=1S/C11H23N3O/c12-11-2-5-14(10-11)4-1-3-13-6-8-15-9-7-13/h11H,1-10,12H2. The van der Waals surface area contributed by atoms with Crippen LogP contribution >= 0.6 is 0 Å². The van der Waals surface area contributed by atoms with Crippen LogP contribution in [-0.2, 0) is 4.74 Å². The second-order valence-electron chi connectivity index (χ2n) is 4.66. The largest absolute Gasteiger partial charge is 0.379 e. The Kier molecular flexibility index (Phi) is 4.38. The van der Waals surface area contributed by atoms with Crippen LogP contribution in [0.5, 0.6) is 0 Å². The van der Waals surface area contributed by atoms with Crippen molar-refractivity contribution < 1.29 is 4.74 Å². The van der Waals surface area contributed by atoms with Gasteiger partial charge in [0.2, 0.25) is 0 Å². The third-order valence-electron chi connectivity index (χ3n) is 3.36. The van der Waals surface area contributed by atoms with Crippen LogP contribution in [0, 0.1) is 0 Å². The van der Waals surface area contributed by atoms with Gasteiger partial charge in [-0.1, -0.05) is 0 Å². The van der Waals surface area contributed by atoms with Crippen LogP contribution < -0.4 is 5.73 Å². The van der Waals surface area contributed by atoms with E-state index in [0.29, 0.717) is 6.04 Å². The van der Waals surface area contributed by atoms with Crippen molar-refractivity contribution >= 4 is 0 Å². The minimum Gasteiger partial charge on any atom is -0.379 e. The van der Waals surface area contributed by atoms with Gasteiger partial charge >= 0.3 is 0 Å². The van der Waals surface area contributed by atoms with Gasteiger partial charge in [0, 0.05) is 25.7 Å². The Balaban J connectivity index is 1.54. The zero-order chi connectivity index (χ0) is 10.5. The highest BCUT2D eigenvalue weighted by molar-refractivity contribution is 4.77. The molecule has 0 radical (unpaired) electrons. The predicted octanol–water partition coefficient (Wildman–Crippen LogP) is -0.258. The summed E-state index contributed by atoms with van der Waals surface area (Å²) in [4.78, 5) is 4.99. The molecule has 88 valence electrons. The number of likely N-dealkylation sites (tertiary alicyclic amines) is 1. The van der Waals surface area contributed by atoms with Crippen molar-refractivity contribution in [3.05, 3.63) is 0 Å². The van der Waals surface area contributed by atoms with Crippen LogP contribution in [0.25, 0.3) is 0 Å². The molecule has 2 rings (SSSR count). The van der Waals surface area contributed by atoms with Crippen LogP contribution in [0.4, 0.5) is 0 Å². The van der Waals surface area contributed by atoms with Gasteiger partial charge in [-0.05, 0) is 32.5 Å². The summed E-state index contributed by atoms with van der Waals surface area (Å²) in [6, 6.07) is 0.424. The van der Waals surface area contributed by atoms with Crippen LogP contribution in [0.3, 0.4) is 0 Å². The van der Waals surface area contributed by atoms with Crippen molar-refractivity contribution in [2.75, 3.05) is 52.5 Å². The Morgan fingerprint density at radius 2 is 1.80 bits per heavy atom. The summed E-state index contributed by atoms with van der Waals surface area (Å²) >= 11 is 0. The molecule has 4 nitrogen and oxygen atoms in total. The van der Waals surface area contributed by atoms with E-state index in [9.17, 15) is 0 Å². The monoisotopic (exact) mass is 213 g/mol. The van der Waals surface area contributed by atoms with Crippen LogP contribution in [0.15, 0.2) is 0 Å². The minimum atomic E-state index is 0.424. The van der Waals surface area contributed by atoms with Gasteiger partial charge in [-0.2, -0.15) is 0 Å². The summed E-state index contributed by atoms with van der Waals surface area (Å²) in [7, 11) is 0. The highest BCUT2D eigenvalue weighted by Gasteiger charge is 2.18. The van der Waals surface area contributed by atoms with Crippen molar-refractivity contribution in [2.24, 2.45) is 5.73 Å². The van der Waals surface area contributed by atoms with Gasteiger partial charge in [0.1, 0.15) is 0 Å². The molecule has 0 bridgehead atoms. The molecule has 0 aliphatic carbocycles. The Hall–Kier alpha value is -0.160. The molecule has 4 heteroatoms. The number of hydrogen-bond donors (Lipinski definition) is 1. The zero-order valence-electron chi connectivity index (χ0n) is 9.53. The molecule has 0 spiro atoms. The predicted molar refractivity (Wildman–Crippen MR) is 60.9 cm³/mol. The molecule has 0 aromatic heterocycles. The maximum atomic E-state index is 5.87. The third-order valence-corrected chi connectivity index (χ3v) is 3.36. The van der Waals surface area contributed by atoms with E-state index in [1.807, 2.05) is 0 Å². The summed E-state index contributed by atoms with van der Waals surface area (Å²) in [6.45, 7) is 8.77. The molecule has 2 aliphatic rings. The van der Waals surface area contributed by atoms with E-state index in [2.05, 4.69) is 9.80 Å². The van der Waals surface area contributed by atoms with Crippen molar-refractivity contribution in [1.29, 1.82) is 0 Å². The Labute approximate surface area is 92.4 Å². The molecule has 0 saturated carbocycles. The normalized spacial score (nSPS) is 29.8. The number of nitrogens with zero attached hydrogens (tertiary/aromatic N) is 2. The third kappa shape index (κ3) is 3.72. The Morgan fingerprint density at radius 3 is 2.47 bits per heavy atom. The molecule has 2 fully saturated rings. The van der Waals surface area contributed by atoms with Crippen molar-refractivity contribution in [3.63, 3.8) is 0 Å². The van der Waals surface area contributed by atoms with Crippen molar-refractivity contribution in [2.45, 2.75) is 18.9 Å². The first-order valence-corrected chi connectivity index (χ1v) is 6.12. The number of nitrogens with two attached hydrogens (primary N) is 1. The lowest BCUT2D eigenvalue weighted by atomic mass is 10.3. The van der Waals surface area contributed by atoms with Crippen molar-refractivity contribution in [3.8, 4) is 0 Å². The number of morpholine rings is 1. The highest BCUT2D eigenvalue weighted by Crippen LogP contribution is 2.07. The van der Waals surface area contributed by atoms with E-state index in [1.54, 1.807) is 0 Å². The first kappa shape index (κ1) is 11.3. The maximum absolute atomic E-state index is 5.87. The van der Waals surface area contributed by atoms with E-state index in [0.717, 1.165) is 32.8 Å². The number of rotatable bonds is 4. The summed E-state index contributed by atoms with van der Waals surface area (Å²) in [5.74, 6) is 0. The van der Waals surface area contributed by atoms with Crippen molar-refractivity contribution in [1.82, 2.24) is 9.80 Å². The van der Waals surface area contributed by atoms with E-state index in [4.69, 9.17) is 10.5 Å². The summed E-state index contributed by atoms with van der Waals surface area (Å²) in [6.07, 6.45) is 2.45. The van der Waals surface area contributed by atoms with Gasteiger partial charge < -0.3 is 15.4 Å². The molecule has 2 aliphatic heterocycles. The smallest absolute Gasteiger partial charge is 0.0594 e. The molecule has 0 amide bonds. The summed E-state index contributed by atoms with van der Waals surface area (Å²) in [5, 5.41) is 0. The summed E-state index contributed by atoms with van der Waals surface area (Å²) < 4.78 is 5.32. The molecule has 2 heterocycles. The van der Waals surface area contributed by atoms with Gasteiger partial charge in [0.25, 0.3) is 0 Å². The molecular formula is C11H23N3O. The Morgan fingerprint density at radius 1 is 1.07 bits per heavy atom. The fourth-order valence-electron chi connectivity index (χ4n) is 2.41. The average molecular weight is 213 g/mol. The van der Waals surface area contributed by atoms with Gasteiger partial charge in [0.15, 0.2) is 0 Å². The molecular weight excluding hydrogens is 190 g/mol. The van der Waals surface area contributed by atoms with E-state index >= 15 is 0 Å². The van der Waals surface area contributed by atoms with E-state index in [1.165, 1.54) is 32.5 Å². The molecule has 1 unspecified atom stereocenters. The summed E-state index contributed by atoms with van der Waals surface area (Å²) in [5.41, 5.74) is 5.87. The second kappa shape index (κ2) is 5.80. The van der Waals surface area contributed by atoms with Crippen LogP contribution in [0.1, 0.15) is 12.8 Å². The van der Waals surface area contributed by atoms with E-state index in [-0.39, 0.29) is 0 Å². The molecule has 1 atom stereocenters. The quantitative estimate of drug-likeness (QED) is 0.699. The molecule has 15 heavy (non-hydrogen) atoms. The molecule has 2 saturated heterocycles. The fourth-order valence-corrected chi connectivity index (χ4v) is 2.41. The second-order valence-corrected chi connectivity index (χ2v) is 4.66. The molecule has 2 N–H and O–H groups in total. The lowest BCUT2D eigenvalue weighted by Crippen LogP contribution is -2.38. The number of hydrogen-bond acceptors (Lipinski definition) is 4. The van der Waals surface area contributed by atoms with Crippen LogP contribution in [0.2, 0.25) is 0 Å². The van der Waals surface area contributed by atoms with Crippen LogP contribution in [-0.4, -0.2) is 68.3 Å². The average Bonchev–Trinajstić information content (AvgIpc) is 2.66. The first-order chi connectivity index (χ1) is 7.34.